The molecule has 2 N–H and O–H groups in total. The molecule has 0 saturated carbocycles. The van der Waals surface area contributed by atoms with Crippen LogP contribution in [-0.4, -0.2) is 17.3 Å². The molecule has 3 heteroatoms. The molecule has 1 aromatic heterocycles. The predicted octanol–water partition coefficient (Wildman–Crippen LogP) is 2.40. The summed E-state index contributed by atoms with van der Waals surface area (Å²) in [5.74, 6) is 0.0266. The zero-order valence-corrected chi connectivity index (χ0v) is 9.89. The summed E-state index contributed by atoms with van der Waals surface area (Å²) in [5, 5.41) is 1.05. The Balaban J connectivity index is 2.39. The van der Waals surface area contributed by atoms with Gasteiger partial charge in [-0.05, 0) is 18.6 Å². The molecule has 1 unspecified atom stereocenters. The summed E-state index contributed by atoms with van der Waals surface area (Å²) in [7, 11) is 0. The van der Waals surface area contributed by atoms with E-state index in [1.54, 1.807) is 6.20 Å². The fraction of sp³-hybridized carbons (Fsp3) is 0.286. The van der Waals surface area contributed by atoms with Crippen LogP contribution in [0.1, 0.15) is 23.7 Å². The van der Waals surface area contributed by atoms with Gasteiger partial charge in [-0.25, -0.2) is 0 Å². The number of Topliss-reactive ketones (excluding diaryl/α,β-unsaturated/α-hetero) is 1. The van der Waals surface area contributed by atoms with Crippen molar-refractivity contribution in [2.24, 2.45) is 11.7 Å². The van der Waals surface area contributed by atoms with Gasteiger partial charge in [-0.3, -0.25) is 9.78 Å². The Labute approximate surface area is 101 Å². The molecule has 0 bridgehead atoms. The minimum Gasteiger partial charge on any atom is -0.330 e. The van der Waals surface area contributed by atoms with Crippen molar-refractivity contribution in [1.82, 2.24) is 4.98 Å². The molecule has 1 atom stereocenters. The fourth-order valence-corrected chi connectivity index (χ4v) is 1.91. The first kappa shape index (κ1) is 11.7. The smallest absolute Gasteiger partial charge is 0.167 e. The maximum atomic E-state index is 12.1. The number of rotatable bonds is 4. The number of fused-ring (bicyclic) bond motifs is 1. The van der Waals surface area contributed by atoms with E-state index in [0.29, 0.717) is 12.1 Å². The second-order valence-corrected chi connectivity index (χ2v) is 4.12. The maximum Gasteiger partial charge on any atom is 0.167 e. The molecule has 0 aliphatic carbocycles. The van der Waals surface area contributed by atoms with Crippen LogP contribution in [0, 0.1) is 5.92 Å². The molecule has 0 saturated heterocycles. The van der Waals surface area contributed by atoms with Crippen molar-refractivity contribution in [3.63, 3.8) is 0 Å². The molecule has 88 valence electrons. The summed E-state index contributed by atoms with van der Waals surface area (Å²) in [6.07, 6.45) is 2.51. The zero-order chi connectivity index (χ0) is 12.3. The van der Waals surface area contributed by atoms with Crippen LogP contribution in [0.15, 0.2) is 36.5 Å². The summed E-state index contributed by atoms with van der Waals surface area (Å²) >= 11 is 0. The van der Waals surface area contributed by atoms with Gasteiger partial charge in [0.1, 0.15) is 0 Å². The van der Waals surface area contributed by atoms with Crippen LogP contribution in [-0.2, 0) is 0 Å². The van der Waals surface area contributed by atoms with Crippen LogP contribution < -0.4 is 5.73 Å². The molecule has 0 fully saturated rings. The van der Waals surface area contributed by atoms with Crippen molar-refractivity contribution in [3.05, 3.63) is 42.1 Å². The average Bonchev–Trinajstić information content (AvgIpc) is 2.39. The SMILES string of the molecule is CCC(CN)C(=O)c1ccc2cccnc2c1. The summed E-state index contributed by atoms with van der Waals surface area (Å²) < 4.78 is 0. The lowest BCUT2D eigenvalue weighted by molar-refractivity contribution is 0.0921. The Hall–Kier alpha value is -1.74. The lowest BCUT2D eigenvalue weighted by atomic mass is 9.95. The van der Waals surface area contributed by atoms with E-state index in [1.165, 1.54) is 0 Å². The highest BCUT2D eigenvalue weighted by Gasteiger charge is 2.16. The molecule has 0 radical (unpaired) electrons. The molecule has 1 aromatic carbocycles. The van der Waals surface area contributed by atoms with Crippen molar-refractivity contribution in [2.75, 3.05) is 6.54 Å². The number of hydrogen-bond donors (Lipinski definition) is 1. The molecule has 17 heavy (non-hydrogen) atoms. The predicted molar refractivity (Wildman–Crippen MR) is 68.9 cm³/mol. The Morgan fingerprint density at radius 3 is 2.94 bits per heavy atom. The van der Waals surface area contributed by atoms with Crippen molar-refractivity contribution >= 4 is 16.7 Å². The molecule has 0 aliphatic heterocycles. The van der Waals surface area contributed by atoms with Crippen LogP contribution >= 0.6 is 0 Å². The van der Waals surface area contributed by atoms with Gasteiger partial charge >= 0.3 is 0 Å². The molecular weight excluding hydrogens is 212 g/mol. The normalized spacial score (nSPS) is 12.6. The molecule has 2 rings (SSSR count). The molecule has 0 spiro atoms. The molecule has 2 aromatic rings. The second-order valence-electron chi connectivity index (χ2n) is 4.12. The Morgan fingerprint density at radius 1 is 1.41 bits per heavy atom. The largest absolute Gasteiger partial charge is 0.330 e. The highest BCUT2D eigenvalue weighted by Crippen LogP contribution is 2.17. The summed E-state index contributed by atoms with van der Waals surface area (Å²) in [5.41, 5.74) is 7.15. The van der Waals surface area contributed by atoms with E-state index < -0.39 is 0 Å². The van der Waals surface area contributed by atoms with Crippen LogP contribution in [0.5, 0.6) is 0 Å². The van der Waals surface area contributed by atoms with Gasteiger partial charge in [-0.15, -0.1) is 0 Å². The Kier molecular flexibility index (Phi) is 3.49. The third-order valence-electron chi connectivity index (χ3n) is 3.04. The van der Waals surface area contributed by atoms with Crippen LogP contribution in [0.25, 0.3) is 10.9 Å². The number of hydrogen-bond acceptors (Lipinski definition) is 3. The van der Waals surface area contributed by atoms with E-state index in [9.17, 15) is 4.79 Å². The minimum atomic E-state index is -0.0869. The van der Waals surface area contributed by atoms with E-state index in [1.807, 2.05) is 37.3 Å². The number of carbonyl (C=O) groups excluding carboxylic acids is 1. The van der Waals surface area contributed by atoms with Crippen LogP contribution in [0.4, 0.5) is 0 Å². The van der Waals surface area contributed by atoms with E-state index in [2.05, 4.69) is 4.98 Å². The number of aromatic nitrogens is 1. The first-order valence-electron chi connectivity index (χ1n) is 5.85. The first-order valence-corrected chi connectivity index (χ1v) is 5.85. The number of nitrogens with zero attached hydrogens (tertiary/aromatic N) is 1. The van der Waals surface area contributed by atoms with Gasteiger partial charge in [0, 0.05) is 29.6 Å². The van der Waals surface area contributed by atoms with Gasteiger partial charge in [0.05, 0.1) is 5.52 Å². The summed E-state index contributed by atoms with van der Waals surface area (Å²) in [6, 6.07) is 9.49. The monoisotopic (exact) mass is 228 g/mol. The fourth-order valence-electron chi connectivity index (χ4n) is 1.91. The van der Waals surface area contributed by atoms with Crippen molar-refractivity contribution in [3.8, 4) is 0 Å². The zero-order valence-electron chi connectivity index (χ0n) is 9.89. The average molecular weight is 228 g/mol. The summed E-state index contributed by atoms with van der Waals surface area (Å²) in [4.78, 5) is 16.4. The number of benzene rings is 1. The Morgan fingerprint density at radius 2 is 2.24 bits per heavy atom. The van der Waals surface area contributed by atoms with Crippen molar-refractivity contribution in [2.45, 2.75) is 13.3 Å². The van der Waals surface area contributed by atoms with Gasteiger partial charge in [-0.1, -0.05) is 25.1 Å². The minimum absolute atomic E-state index is 0.0869. The quantitative estimate of drug-likeness (QED) is 0.817. The van der Waals surface area contributed by atoms with E-state index in [0.717, 1.165) is 17.3 Å². The lowest BCUT2D eigenvalue weighted by Crippen LogP contribution is -2.23. The van der Waals surface area contributed by atoms with Gasteiger partial charge < -0.3 is 5.73 Å². The van der Waals surface area contributed by atoms with Gasteiger partial charge in [0.2, 0.25) is 0 Å². The number of ketones is 1. The van der Waals surface area contributed by atoms with Gasteiger partial charge in [0.25, 0.3) is 0 Å². The summed E-state index contributed by atoms with van der Waals surface area (Å²) in [6.45, 7) is 2.38. The van der Waals surface area contributed by atoms with E-state index in [-0.39, 0.29) is 11.7 Å². The third-order valence-corrected chi connectivity index (χ3v) is 3.04. The van der Waals surface area contributed by atoms with Gasteiger partial charge in [-0.2, -0.15) is 0 Å². The lowest BCUT2D eigenvalue weighted by Gasteiger charge is -2.11. The van der Waals surface area contributed by atoms with Gasteiger partial charge in [0.15, 0.2) is 5.78 Å². The van der Waals surface area contributed by atoms with E-state index >= 15 is 0 Å². The molecule has 0 aliphatic rings. The van der Waals surface area contributed by atoms with Crippen molar-refractivity contribution in [1.29, 1.82) is 0 Å². The Bertz CT molecular complexity index is 532. The number of pyridine rings is 1. The van der Waals surface area contributed by atoms with Crippen molar-refractivity contribution < 1.29 is 4.79 Å². The van der Waals surface area contributed by atoms with Crippen LogP contribution in [0.2, 0.25) is 0 Å². The molecule has 0 amide bonds. The molecular formula is C14H16N2O. The number of carbonyl (C=O) groups is 1. The topological polar surface area (TPSA) is 56.0 Å². The van der Waals surface area contributed by atoms with E-state index in [4.69, 9.17) is 5.73 Å². The van der Waals surface area contributed by atoms with Crippen LogP contribution in [0.3, 0.4) is 0 Å². The highest BCUT2D eigenvalue weighted by atomic mass is 16.1. The molecule has 3 nitrogen and oxygen atoms in total. The molecule has 1 heterocycles. The number of nitrogens with two attached hydrogens (primary N) is 1. The highest BCUT2D eigenvalue weighted by molar-refractivity contribution is 6.00. The maximum absolute atomic E-state index is 12.1. The standard InChI is InChI=1S/C14H16N2O/c1-2-10(9-15)14(17)12-6-5-11-4-3-7-16-13(11)8-12/h3-8,10H,2,9,15H2,1H3. The second kappa shape index (κ2) is 5.06. The first-order chi connectivity index (χ1) is 8.26. The third kappa shape index (κ3) is 2.34.